The molecule has 0 aromatic carbocycles. The molecule has 0 aliphatic heterocycles. The second-order valence-electron chi connectivity index (χ2n) is 6.81. The Kier molecular flexibility index (Phi) is 6.09. The van der Waals surface area contributed by atoms with Gasteiger partial charge in [-0.05, 0) is 42.9 Å². The lowest BCUT2D eigenvalue weighted by molar-refractivity contribution is -0.130. The number of amides is 1. The van der Waals surface area contributed by atoms with Crippen LogP contribution in [0.25, 0.3) is 0 Å². The predicted molar refractivity (Wildman–Crippen MR) is 82.0 cm³/mol. The van der Waals surface area contributed by atoms with E-state index in [1.807, 2.05) is 4.90 Å². The first kappa shape index (κ1) is 16.3. The third kappa shape index (κ3) is 5.38. The topological polar surface area (TPSA) is 20.3 Å². The summed E-state index contributed by atoms with van der Waals surface area (Å²) in [6, 6.07) is 0. The first-order valence-electron chi connectivity index (χ1n) is 7.79. The first-order valence-corrected chi connectivity index (χ1v) is 7.79. The number of hydrogen-bond donors (Lipinski definition) is 0. The van der Waals surface area contributed by atoms with E-state index in [4.69, 9.17) is 0 Å². The van der Waals surface area contributed by atoms with Gasteiger partial charge in [-0.15, -0.1) is 0 Å². The fraction of sp³-hybridized carbons (Fsp3) is 0.824. The van der Waals surface area contributed by atoms with E-state index < -0.39 is 0 Å². The molecule has 0 aromatic heterocycles. The molecule has 0 saturated heterocycles. The highest BCUT2D eigenvalue weighted by molar-refractivity contribution is 5.73. The normalized spacial score (nSPS) is 26.1. The first-order chi connectivity index (χ1) is 8.89. The molecule has 2 nitrogen and oxygen atoms in total. The standard InChI is InChI=1S/C17H31NO/c1-6-7-8-9-10-16-11-17(16,5)13-18(15(4)19)12-14(2)3/h7-8,14,16H,6,9-13H2,1-5H3. The van der Waals surface area contributed by atoms with E-state index in [2.05, 4.69) is 39.8 Å². The van der Waals surface area contributed by atoms with Crippen LogP contribution in [0.5, 0.6) is 0 Å². The Morgan fingerprint density at radius 1 is 1.42 bits per heavy atom. The van der Waals surface area contributed by atoms with Crippen molar-refractivity contribution >= 4 is 5.91 Å². The van der Waals surface area contributed by atoms with Gasteiger partial charge in [0.25, 0.3) is 0 Å². The van der Waals surface area contributed by atoms with Crippen molar-refractivity contribution in [2.75, 3.05) is 13.1 Å². The van der Waals surface area contributed by atoms with Crippen LogP contribution in [0, 0.1) is 17.3 Å². The maximum absolute atomic E-state index is 11.7. The van der Waals surface area contributed by atoms with E-state index in [9.17, 15) is 4.79 Å². The zero-order chi connectivity index (χ0) is 14.5. The highest BCUT2D eigenvalue weighted by Gasteiger charge is 2.50. The molecule has 0 heterocycles. The molecule has 0 aromatic rings. The van der Waals surface area contributed by atoms with Gasteiger partial charge in [0, 0.05) is 20.0 Å². The zero-order valence-electron chi connectivity index (χ0n) is 13.4. The van der Waals surface area contributed by atoms with Crippen molar-refractivity contribution in [1.29, 1.82) is 0 Å². The van der Waals surface area contributed by atoms with Crippen LogP contribution in [0.3, 0.4) is 0 Å². The summed E-state index contributed by atoms with van der Waals surface area (Å²) >= 11 is 0. The Balaban J connectivity index is 2.39. The summed E-state index contributed by atoms with van der Waals surface area (Å²) in [5.41, 5.74) is 0.376. The van der Waals surface area contributed by atoms with Crippen molar-refractivity contribution in [2.45, 2.75) is 60.3 Å². The van der Waals surface area contributed by atoms with Gasteiger partial charge in [0.05, 0.1) is 0 Å². The van der Waals surface area contributed by atoms with Gasteiger partial charge in [0.2, 0.25) is 5.91 Å². The largest absolute Gasteiger partial charge is 0.342 e. The van der Waals surface area contributed by atoms with Crippen LogP contribution in [-0.4, -0.2) is 23.9 Å². The van der Waals surface area contributed by atoms with Crippen molar-refractivity contribution in [3.63, 3.8) is 0 Å². The number of hydrogen-bond acceptors (Lipinski definition) is 1. The highest BCUT2D eigenvalue weighted by Crippen LogP contribution is 2.55. The second-order valence-corrected chi connectivity index (χ2v) is 6.81. The van der Waals surface area contributed by atoms with Crippen molar-refractivity contribution in [2.24, 2.45) is 17.3 Å². The van der Waals surface area contributed by atoms with Gasteiger partial charge in [-0.25, -0.2) is 0 Å². The Bertz CT molecular complexity index is 321. The Morgan fingerprint density at radius 2 is 2.11 bits per heavy atom. The lowest BCUT2D eigenvalue weighted by atomic mass is 10.0. The van der Waals surface area contributed by atoms with E-state index in [1.165, 1.54) is 19.3 Å². The highest BCUT2D eigenvalue weighted by atomic mass is 16.2. The summed E-state index contributed by atoms with van der Waals surface area (Å²) in [6.45, 7) is 12.4. The van der Waals surface area contributed by atoms with Crippen LogP contribution in [0.4, 0.5) is 0 Å². The average Bonchev–Trinajstić information content (AvgIpc) is 2.94. The van der Waals surface area contributed by atoms with E-state index >= 15 is 0 Å². The van der Waals surface area contributed by atoms with Crippen LogP contribution in [0.1, 0.15) is 60.3 Å². The van der Waals surface area contributed by atoms with Crippen molar-refractivity contribution in [3.8, 4) is 0 Å². The molecule has 0 spiro atoms. The summed E-state index contributed by atoms with van der Waals surface area (Å²) in [6.07, 6.45) is 9.44. The molecule has 1 saturated carbocycles. The molecule has 1 rings (SSSR count). The summed E-state index contributed by atoms with van der Waals surface area (Å²) in [7, 11) is 0. The molecule has 110 valence electrons. The van der Waals surface area contributed by atoms with E-state index in [1.54, 1.807) is 6.92 Å². The molecule has 1 aliphatic rings. The molecule has 2 atom stereocenters. The fourth-order valence-corrected chi connectivity index (χ4v) is 2.91. The van der Waals surface area contributed by atoms with Gasteiger partial charge >= 0.3 is 0 Å². The van der Waals surface area contributed by atoms with E-state index in [-0.39, 0.29) is 5.91 Å². The fourth-order valence-electron chi connectivity index (χ4n) is 2.91. The number of carbonyl (C=O) groups excluding carboxylic acids is 1. The molecule has 0 bridgehead atoms. The number of nitrogens with zero attached hydrogens (tertiary/aromatic N) is 1. The Hall–Kier alpha value is -0.790. The lowest BCUT2D eigenvalue weighted by Crippen LogP contribution is -2.37. The molecule has 0 radical (unpaired) electrons. The third-order valence-electron chi connectivity index (χ3n) is 4.21. The van der Waals surface area contributed by atoms with Crippen molar-refractivity contribution < 1.29 is 4.79 Å². The second kappa shape index (κ2) is 7.12. The Morgan fingerprint density at radius 3 is 2.63 bits per heavy atom. The molecule has 1 fully saturated rings. The maximum atomic E-state index is 11.7. The summed E-state index contributed by atoms with van der Waals surface area (Å²) in [5.74, 6) is 1.59. The van der Waals surface area contributed by atoms with Crippen LogP contribution in [-0.2, 0) is 4.79 Å². The quantitative estimate of drug-likeness (QED) is 0.600. The predicted octanol–water partition coefficient (Wildman–Crippen LogP) is 4.26. The molecular weight excluding hydrogens is 234 g/mol. The summed E-state index contributed by atoms with van der Waals surface area (Å²) in [4.78, 5) is 13.8. The molecule has 1 amide bonds. The van der Waals surface area contributed by atoms with Crippen molar-refractivity contribution in [3.05, 3.63) is 12.2 Å². The SMILES string of the molecule is CCC=CCCC1CC1(C)CN(CC(C)C)C(C)=O. The smallest absolute Gasteiger partial charge is 0.219 e. The van der Waals surface area contributed by atoms with E-state index in [0.717, 1.165) is 25.4 Å². The molecular formula is C17H31NO. The lowest BCUT2D eigenvalue weighted by Gasteiger charge is -2.27. The zero-order valence-corrected chi connectivity index (χ0v) is 13.4. The van der Waals surface area contributed by atoms with Crippen LogP contribution >= 0.6 is 0 Å². The average molecular weight is 265 g/mol. The minimum Gasteiger partial charge on any atom is -0.342 e. The van der Waals surface area contributed by atoms with Gasteiger partial charge in [0.15, 0.2) is 0 Å². The van der Waals surface area contributed by atoms with Gasteiger partial charge in [0.1, 0.15) is 0 Å². The van der Waals surface area contributed by atoms with Crippen LogP contribution < -0.4 is 0 Å². The van der Waals surface area contributed by atoms with Gasteiger partial charge in [-0.2, -0.15) is 0 Å². The number of rotatable bonds is 8. The third-order valence-corrected chi connectivity index (χ3v) is 4.21. The summed E-state index contributed by atoms with van der Waals surface area (Å²) < 4.78 is 0. The van der Waals surface area contributed by atoms with Gasteiger partial charge in [-0.3, -0.25) is 4.79 Å². The van der Waals surface area contributed by atoms with Crippen LogP contribution in [0.2, 0.25) is 0 Å². The molecule has 1 aliphatic carbocycles. The molecule has 19 heavy (non-hydrogen) atoms. The summed E-state index contributed by atoms with van der Waals surface area (Å²) in [5, 5.41) is 0. The van der Waals surface area contributed by atoms with Crippen LogP contribution in [0.15, 0.2) is 12.2 Å². The molecule has 2 unspecified atom stereocenters. The number of carbonyl (C=O) groups is 1. The maximum Gasteiger partial charge on any atom is 0.219 e. The van der Waals surface area contributed by atoms with Crippen molar-refractivity contribution in [1.82, 2.24) is 4.90 Å². The molecule has 2 heteroatoms. The number of allylic oxidation sites excluding steroid dienone is 2. The minimum absolute atomic E-state index is 0.228. The minimum atomic E-state index is 0.228. The monoisotopic (exact) mass is 265 g/mol. The van der Waals surface area contributed by atoms with Gasteiger partial charge in [-0.1, -0.05) is 39.8 Å². The van der Waals surface area contributed by atoms with E-state index in [0.29, 0.717) is 11.3 Å². The Labute approximate surface area is 119 Å². The molecule has 0 N–H and O–H groups in total. The van der Waals surface area contributed by atoms with Gasteiger partial charge < -0.3 is 4.90 Å².